The van der Waals surface area contributed by atoms with Crippen molar-refractivity contribution in [1.29, 1.82) is 0 Å². The van der Waals surface area contributed by atoms with Gasteiger partial charge in [-0.25, -0.2) is 0 Å². The Bertz CT molecular complexity index is 673. The van der Waals surface area contributed by atoms with Gasteiger partial charge in [0.2, 0.25) is 0 Å². The zero-order valence-electron chi connectivity index (χ0n) is 11.2. The van der Waals surface area contributed by atoms with Crippen molar-refractivity contribution in [3.63, 3.8) is 0 Å². The van der Waals surface area contributed by atoms with Crippen molar-refractivity contribution in [1.82, 2.24) is 0 Å². The summed E-state index contributed by atoms with van der Waals surface area (Å²) < 4.78 is 0. The summed E-state index contributed by atoms with van der Waals surface area (Å²) >= 11 is 0. The lowest BCUT2D eigenvalue weighted by molar-refractivity contribution is 0.615. The van der Waals surface area contributed by atoms with Crippen LogP contribution in [-0.2, 0) is 0 Å². The van der Waals surface area contributed by atoms with Crippen LogP contribution in [0.2, 0.25) is 0 Å². The highest BCUT2D eigenvalue weighted by Gasteiger charge is 2.00. The fraction of sp³-hybridized carbons (Fsp3) is 0. The second-order valence-electron chi connectivity index (χ2n) is 4.80. The van der Waals surface area contributed by atoms with Gasteiger partial charge >= 0.3 is 7.48 Å². The van der Waals surface area contributed by atoms with Crippen LogP contribution < -0.4 is 5.46 Å². The molecule has 0 fully saturated rings. The Morgan fingerprint density at radius 1 is 0.500 bits per heavy atom. The molecule has 0 aliphatic heterocycles. The summed E-state index contributed by atoms with van der Waals surface area (Å²) in [5.41, 5.74) is 5.75. The van der Waals surface area contributed by atoms with E-state index in [-0.39, 0.29) is 7.48 Å². The first kappa shape index (κ1) is 12.7. The third kappa shape index (κ3) is 2.66. The van der Waals surface area contributed by atoms with Crippen molar-refractivity contribution in [3.05, 3.63) is 78.9 Å². The van der Waals surface area contributed by atoms with Crippen LogP contribution in [0.5, 0.6) is 0 Å². The Labute approximate surface area is 119 Å². The van der Waals surface area contributed by atoms with Crippen LogP contribution in [-0.4, -0.2) is 12.5 Å². The summed E-state index contributed by atoms with van der Waals surface area (Å²) in [4.78, 5) is 0. The predicted octanol–water partition coefficient (Wildman–Crippen LogP) is 2.99. The highest BCUT2D eigenvalue weighted by atomic mass is 16.2. The highest BCUT2D eigenvalue weighted by Crippen LogP contribution is 2.24. The number of hydrogen-bond donors (Lipinski definition) is 1. The summed E-state index contributed by atoms with van der Waals surface area (Å²) in [5.74, 6) is 0. The van der Waals surface area contributed by atoms with Crippen LogP contribution in [0.25, 0.3) is 22.3 Å². The van der Waals surface area contributed by atoms with Crippen LogP contribution in [0.15, 0.2) is 78.9 Å². The van der Waals surface area contributed by atoms with E-state index >= 15 is 0 Å². The first-order valence-corrected chi connectivity index (χ1v) is 6.72. The lowest BCUT2D eigenvalue weighted by atomic mass is 9.87. The van der Waals surface area contributed by atoms with Gasteiger partial charge in [0.15, 0.2) is 0 Å². The third-order valence-electron chi connectivity index (χ3n) is 3.46. The lowest BCUT2D eigenvalue weighted by Crippen LogP contribution is -2.11. The summed E-state index contributed by atoms with van der Waals surface area (Å²) in [6, 6.07) is 26.9. The minimum Gasteiger partial charge on any atom is -0.449 e. The van der Waals surface area contributed by atoms with Gasteiger partial charge in [-0.3, -0.25) is 0 Å². The van der Waals surface area contributed by atoms with Crippen LogP contribution in [0, 0.1) is 0 Å². The molecule has 0 aromatic heterocycles. The molecule has 0 heterocycles. The van der Waals surface area contributed by atoms with Gasteiger partial charge in [0.05, 0.1) is 0 Å². The first-order valence-electron chi connectivity index (χ1n) is 6.72. The fourth-order valence-electron chi connectivity index (χ4n) is 2.29. The molecule has 0 bridgehead atoms. The molecule has 96 valence electrons. The molecule has 1 N–H and O–H groups in total. The molecule has 3 aromatic rings. The zero-order valence-corrected chi connectivity index (χ0v) is 11.2. The van der Waals surface area contributed by atoms with E-state index in [9.17, 15) is 0 Å². The fourth-order valence-corrected chi connectivity index (χ4v) is 2.29. The topological polar surface area (TPSA) is 20.2 Å². The minimum absolute atomic E-state index is 0.0905. The number of hydrogen-bond acceptors (Lipinski definition) is 1. The Morgan fingerprint density at radius 2 is 0.900 bits per heavy atom. The van der Waals surface area contributed by atoms with Crippen molar-refractivity contribution >= 4 is 12.9 Å². The average molecular weight is 258 g/mol. The summed E-state index contributed by atoms with van der Waals surface area (Å²) in [7, 11) is 0.0905. The van der Waals surface area contributed by atoms with Crippen molar-refractivity contribution < 1.29 is 5.02 Å². The smallest absolute Gasteiger partial charge is 0.304 e. The maximum Gasteiger partial charge on any atom is 0.304 e. The average Bonchev–Trinajstić information content (AvgIpc) is 2.56. The molecule has 0 unspecified atom stereocenters. The van der Waals surface area contributed by atoms with E-state index in [1.807, 2.05) is 30.3 Å². The maximum atomic E-state index is 9.06. The SMILES string of the molecule is OBc1ccc(-c2ccc(-c3ccccc3)cc2)cc1. The van der Waals surface area contributed by atoms with Gasteiger partial charge in [-0.15, -0.1) is 0 Å². The van der Waals surface area contributed by atoms with Crippen LogP contribution in [0.3, 0.4) is 0 Å². The molecular formula is C18H15BO. The minimum atomic E-state index is 0.0905. The van der Waals surface area contributed by atoms with Crippen LogP contribution >= 0.6 is 0 Å². The Hall–Kier alpha value is -2.32. The van der Waals surface area contributed by atoms with E-state index in [4.69, 9.17) is 5.02 Å². The van der Waals surface area contributed by atoms with Gasteiger partial charge in [-0.05, 0) is 22.3 Å². The Kier molecular flexibility index (Phi) is 3.66. The van der Waals surface area contributed by atoms with Gasteiger partial charge in [0, 0.05) is 0 Å². The van der Waals surface area contributed by atoms with Crippen molar-refractivity contribution in [2.45, 2.75) is 0 Å². The molecule has 0 aliphatic rings. The van der Waals surface area contributed by atoms with E-state index in [0.717, 1.165) is 5.46 Å². The molecule has 20 heavy (non-hydrogen) atoms. The maximum absolute atomic E-state index is 9.06. The van der Waals surface area contributed by atoms with Crippen LogP contribution in [0.4, 0.5) is 0 Å². The van der Waals surface area contributed by atoms with Gasteiger partial charge in [-0.2, -0.15) is 0 Å². The van der Waals surface area contributed by atoms with Gasteiger partial charge in [0.1, 0.15) is 0 Å². The van der Waals surface area contributed by atoms with Gasteiger partial charge in [0.25, 0.3) is 0 Å². The normalized spacial score (nSPS) is 10.2. The van der Waals surface area contributed by atoms with Crippen molar-refractivity contribution in [2.75, 3.05) is 0 Å². The second kappa shape index (κ2) is 5.76. The molecular weight excluding hydrogens is 243 g/mol. The van der Waals surface area contributed by atoms with E-state index in [1.54, 1.807) is 0 Å². The van der Waals surface area contributed by atoms with E-state index < -0.39 is 0 Å². The molecule has 0 aliphatic carbocycles. The van der Waals surface area contributed by atoms with E-state index in [2.05, 4.69) is 48.5 Å². The molecule has 3 aromatic carbocycles. The quantitative estimate of drug-likeness (QED) is 0.716. The predicted molar refractivity (Wildman–Crippen MR) is 86.3 cm³/mol. The number of rotatable bonds is 3. The largest absolute Gasteiger partial charge is 0.449 e. The van der Waals surface area contributed by atoms with Crippen LogP contribution in [0.1, 0.15) is 0 Å². The number of benzene rings is 3. The molecule has 3 rings (SSSR count). The molecule has 0 radical (unpaired) electrons. The third-order valence-corrected chi connectivity index (χ3v) is 3.46. The standard InChI is InChI=1S/C18H15BO/c20-19-18-12-10-17(11-13-18)16-8-6-15(7-9-16)14-4-2-1-3-5-14/h1-13,19-20H. The monoisotopic (exact) mass is 258 g/mol. The van der Waals surface area contributed by atoms with E-state index in [0.29, 0.717) is 0 Å². The zero-order chi connectivity index (χ0) is 13.8. The highest BCUT2D eigenvalue weighted by molar-refractivity contribution is 6.45. The second-order valence-corrected chi connectivity index (χ2v) is 4.80. The molecule has 0 atom stereocenters. The Balaban J connectivity index is 1.89. The van der Waals surface area contributed by atoms with Gasteiger partial charge < -0.3 is 5.02 Å². The van der Waals surface area contributed by atoms with Crippen molar-refractivity contribution in [2.24, 2.45) is 0 Å². The summed E-state index contributed by atoms with van der Waals surface area (Å²) in [6.45, 7) is 0. The molecule has 0 saturated heterocycles. The summed E-state index contributed by atoms with van der Waals surface area (Å²) in [6.07, 6.45) is 0. The van der Waals surface area contributed by atoms with Gasteiger partial charge in [-0.1, -0.05) is 84.3 Å². The lowest BCUT2D eigenvalue weighted by Gasteiger charge is -2.05. The van der Waals surface area contributed by atoms with Crippen molar-refractivity contribution in [3.8, 4) is 22.3 Å². The molecule has 1 nitrogen and oxygen atoms in total. The Morgan fingerprint density at radius 3 is 1.35 bits per heavy atom. The molecule has 0 saturated carbocycles. The molecule has 0 spiro atoms. The first-order chi connectivity index (χ1) is 9.86. The summed E-state index contributed by atoms with van der Waals surface area (Å²) in [5, 5.41) is 9.06. The van der Waals surface area contributed by atoms with E-state index in [1.165, 1.54) is 22.3 Å². The molecule has 0 amide bonds. The molecule has 2 heteroatoms.